The maximum absolute atomic E-state index is 12.7. The lowest BCUT2D eigenvalue weighted by Gasteiger charge is -2.30. The smallest absolute Gasteiger partial charge is 0.308 e. The zero-order chi connectivity index (χ0) is 18.5. The molecule has 0 unspecified atom stereocenters. The molecule has 6 nitrogen and oxygen atoms in total. The minimum atomic E-state index is -0.213. The minimum Gasteiger partial charge on any atom is -0.469 e. The van der Waals surface area contributed by atoms with Crippen molar-refractivity contribution in [2.75, 3.05) is 25.5 Å². The van der Waals surface area contributed by atoms with Crippen molar-refractivity contribution >= 4 is 34.8 Å². The van der Waals surface area contributed by atoms with Crippen LogP contribution in [-0.2, 0) is 9.53 Å². The number of thiophene rings is 1. The number of ether oxygens (including phenoxy) is 1. The van der Waals surface area contributed by atoms with Gasteiger partial charge in [0.1, 0.15) is 0 Å². The van der Waals surface area contributed by atoms with Crippen molar-refractivity contribution in [3.8, 4) is 0 Å². The second-order valence-corrected chi connectivity index (χ2v) is 7.05. The fraction of sp³-hybridized carbons (Fsp3) is 0.316. The molecule has 136 valence electrons. The highest BCUT2D eigenvalue weighted by atomic mass is 32.1. The molecular formula is C19H20N2O4S. The number of rotatable bonds is 4. The molecule has 0 saturated carbocycles. The molecule has 7 heteroatoms. The van der Waals surface area contributed by atoms with Crippen molar-refractivity contribution in [1.29, 1.82) is 0 Å². The summed E-state index contributed by atoms with van der Waals surface area (Å²) in [6.07, 6.45) is 1.21. The highest BCUT2D eigenvalue weighted by molar-refractivity contribution is 7.12. The first-order valence-corrected chi connectivity index (χ1v) is 9.28. The van der Waals surface area contributed by atoms with Crippen molar-refractivity contribution in [3.63, 3.8) is 0 Å². The van der Waals surface area contributed by atoms with Gasteiger partial charge in [0.15, 0.2) is 0 Å². The predicted octanol–water partition coefficient (Wildman–Crippen LogP) is 3.03. The van der Waals surface area contributed by atoms with E-state index in [1.165, 1.54) is 18.4 Å². The second kappa shape index (κ2) is 8.14. The van der Waals surface area contributed by atoms with Crippen molar-refractivity contribution in [2.45, 2.75) is 12.8 Å². The van der Waals surface area contributed by atoms with Gasteiger partial charge < -0.3 is 15.0 Å². The maximum atomic E-state index is 12.7. The first-order chi connectivity index (χ1) is 12.6. The summed E-state index contributed by atoms with van der Waals surface area (Å²) < 4.78 is 4.77. The molecule has 0 aliphatic carbocycles. The van der Waals surface area contributed by atoms with Gasteiger partial charge in [-0.05, 0) is 42.5 Å². The Morgan fingerprint density at radius 2 is 1.92 bits per heavy atom. The first kappa shape index (κ1) is 18.1. The monoisotopic (exact) mass is 372 g/mol. The Labute approximate surface area is 155 Å². The van der Waals surface area contributed by atoms with E-state index >= 15 is 0 Å². The summed E-state index contributed by atoms with van der Waals surface area (Å²) >= 11 is 1.36. The molecule has 1 N–H and O–H groups in total. The molecule has 1 aliphatic rings. The molecule has 0 atom stereocenters. The van der Waals surface area contributed by atoms with Crippen molar-refractivity contribution in [1.82, 2.24) is 4.90 Å². The van der Waals surface area contributed by atoms with Gasteiger partial charge in [-0.3, -0.25) is 14.4 Å². The predicted molar refractivity (Wildman–Crippen MR) is 99.4 cm³/mol. The van der Waals surface area contributed by atoms with Crippen molar-refractivity contribution < 1.29 is 19.1 Å². The largest absolute Gasteiger partial charge is 0.469 e. The average molecular weight is 372 g/mol. The van der Waals surface area contributed by atoms with E-state index in [4.69, 9.17) is 4.74 Å². The molecule has 2 amide bonds. The molecule has 26 heavy (non-hydrogen) atoms. The van der Waals surface area contributed by atoms with E-state index in [0.29, 0.717) is 42.1 Å². The van der Waals surface area contributed by atoms with Gasteiger partial charge in [0.25, 0.3) is 11.8 Å². The Bertz CT molecular complexity index is 796. The Morgan fingerprint density at radius 3 is 2.58 bits per heavy atom. The van der Waals surface area contributed by atoms with Crippen LogP contribution in [0.1, 0.15) is 32.9 Å². The van der Waals surface area contributed by atoms with E-state index < -0.39 is 0 Å². The van der Waals surface area contributed by atoms with E-state index in [1.807, 2.05) is 11.4 Å². The van der Waals surface area contributed by atoms with E-state index in [2.05, 4.69) is 5.32 Å². The SMILES string of the molecule is COC(=O)C1CCN(C(=O)c2cccc(NC(=O)c3cccs3)c2)CC1. The molecule has 1 fully saturated rings. The van der Waals surface area contributed by atoms with Crippen molar-refractivity contribution in [2.24, 2.45) is 5.92 Å². The summed E-state index contributed by atoms with van der Waals surface area (Å²) in [7, 11) is 1.38. The quantitative estimate of drug-likeness (QED) is 0.837. The van der Waals surface area contributed by atoms with Crippen molar-refractivity contribution in [3.05, 3.63) is 52.2 Å². The normalized spacial score (nSPS) is 14.7. The Morgan fingerprint density at radius 1 is 1.15 bits per heavy atom. The van der Waals surface area contributed by atoms with Gasteiger partial charge in [0.2, 0.25) is 0 Å². The average Bonchev–Trinajstić information content (AvgIpc) is 3.22. The Balaban J connectivity index is 1.63. The number of esters is 1. The number of carbonyl (C=O) groups is 3. The third-order valence-electron chi connectivity index (χ3n) is 4.43. The fourth-order valence-corrected chi connectivity index (χ4v) is 3.62. The number of methoxy groups -OCH3 is 1. The molecule has 1 aromatic carbocycles. The van der Waals surface area contributed by atoms with Crippen LogP contribution >= 0.6 is 11.3 Å². The standard InChI is InChI=1S/C19H20N2O4S/c1-25-19(24)13-7-9-21(10-8-13)18(23)14-4-2-5-15(12-14)20-17(22)16-6-3-11-26-16/h2-6,11-13H,7-10H2,1H3,(H,20,22). The van der Waals surface area contributed by atoms with Crippen LogP contribution < -0.4 is 5.32 Å². The number of likely N-dealkylation sites (tertiary alicyclic amines) is 1. The van der Waals surface area contributed by atoms with Gasteiger partial charge in [-0.15, -0.1) is 11.3 Å². The van der Waals surface area contributed by atoms with E-state index in [9.17, 15) is 14.4 Å². The third-order valence-corrected chi connectivity index (χ3v) is 5.30. The number of hydrogen-bond acceptors (Lipinski definition) is 5. The zero-order valence-corrected chi connectivity index (χ0v) is 15.3. The third kappa shape index (κ3) is 4.11. The molecule has 0 radical (unpaired) electrons. The number of anilines is 1. The number of nitrogens with zero attached hydrogens (tertiary/aromatic N) is 1. The number of benzene rings is 1. The number of nitrogens with one attached hydrogen (secondary N) is 1. The summed E-state index contributed by atoms with van der Waals surface area (Å²) in [6.45, 7) is 1.04. The van der Waals surface area contributed by atoms with Gasteiger partial charge in [-0.1, -0.05) is 12.1 Å². The molecule has 2 aromatic rings. The molecule has 1 aromatic heterocycles. The molecular weight excluding hydrogens is 352 g/mol. The summed E-state index contributed by atoms with van der Waals surface area (Å²) in [5, 5.41) is 4.65. The Hall–Kier alpha value is -2.67. The second-order valence-electron chi connectivity index (χ2n) is 6.10. The van der Waals surface area contributed by atoms with Gasteiger partial charge in [-0.25, -0.2) is 0 Å². The summed E-state index contributed by atoms with van der Waals surface area (Å²) in [4.78, 5) is 38.8. The van der Waals surface area contributed by atoms with Crippen LogP contribution in [0.25, 0.3) is 0 Å². The van der Waals surface area contributed by atoms with Gasteiger partial charge in [0.05, 0.1) is 17.9 Å². The number of carbonyl (C=O) groups excluding carboxylic acids is 3. The van der Waals surface area contributed by atoms with E-state index in [1.54, 1.807) is 35.2 Å². The molecule has 3 rings (SSSR count). The minimum absolute atomic E-state index is 0.0967. The molecule has 0 spiro atoms. The van der Waals surface area contributed by atoms with Crippen LogP contribution in [0.2, 0.25) is 0 Å². The van der Waals surface area contributed by atoms with Gasteiger partial charge in [0, 0.05) is 24.3 Å². The summed E-state index contributed by atoms with van der Waals surface area (Å²) in [5.74, 6) is -0.639. The molecule has 2 heterocycles. The highest BCUT2D eigenvalue weighted by Gasteiger charge is 2.28. The highest BCUT2D eigenvalue weighted by Crippen LogP contribution is 2.21. The van der Waals surface area contributed by atoms with Gasteiger partial charge in [-0.2, -0.15) is 0 Å². The maximum Gasteiger partial charge on any atom is 0.308 e. The fourth-order valence-electron chi connectivity index (χ4n) is 3.00. The molecule has 1 saturated heterocycles. The topological polar surface area (TPSA) is 75.7 Å². The van der Waals surface area contributed by atoms with E-state index in [0.717, 1.165) is 0 Å². The first-order valence-electron chi connectivity index (χ1n) is 8.40. The number of hydrogen-bond donors (Lipinski definition) is 1. The van der Waals surface area contributed by atoms with Crippen LogP contribution in [0.5, 0.6) is 0 Å². The summed E-state index contributed by atoms with van der Waals surface area (Å²) in [6, 6.07) is 10.5. The van der Waals surface area contributed by atoms with Crippen LogP contribution in [0.4, 0.5) is 5.69 Å². The molecule has 1 aliphatic heterocycles. The van der Waals surface area contributed by atoms with E-state index in [-0.39, 0.29) is 23.7 Å². The Kier molecular flexibility index (Phi) is 5.68. The van der Waals surface area contributed by atoms with Crippen LogP contribution in [0.15, 0.2) is 41.8 Å². The lowest BCUT2D eigenvalue weighted by Crippen LogP contribution is -2.40. The lowest BCUT2D eigenvalue weighted by atomic mass is 9.96. The van der Waals surface area contributed by atoms with Crippen LogP contribution in [-0.4, -0.2) is 42.9 Å². The molecule has 0 bridgehead atoms. The number of amides is 2. The van der Waals surface area contributed by atoms with Crippen LogP contribution in [0.3, 0.4) is 0 Å². The van der Waals surface area contributed by atoms with Gasteiger partial charge >= 0.3 is 5.97 Å². The lowest BCUT2D eigenvalue weighted by molar-refractivity contribution is -0.146. The summed E-state index contributed by atoms with van der Waals surface area (Å²) in [5.41, 5.74) is 1.10. The number of piperidine rings is 1. The zero-order valence-electron chi connectivity index (χ0n) is 14.4. The van der Waals surface area contributed by atoms with Crippen LogP contribution in [0, 0.1) is 5.92 Å².